The molecule has 2 saturated heterocycles. The van der Waals surface area contributed by atoms with Crippen molar-refractivity contribution in [1.29, 1.82) is 0 Å². The van der Waals surface area contributed by atoms with Crippen LogP contribution in [0.3, 0.4) is 0 Å². The first-order valence-corrected chi connectivity index (χ1v) is 4.33. The molecule has 2 aliphatic rings. The van der Waals surface area contributed by atoms with Crippen LogP contribution in [0.15, 0.2) is 0 Å². The van der Waals surface area contributed by atoms with Crippen molar-refractivity contribution in [1.82, 2.24) is 0 Å². The molecule has 0 aromatic rings. The Morgan fingerprint density at radius 1 is 1.27 bits per heavy atom. The van der Waals surface area contributed by atoms with Gasteiger partial charge in [-0.05, 0) is 0 Å². The largest absolute Gasteiger partial charge is 0.388 e. The summed E-state index contributed by atoms with van der Waals surface area (Å²) in [5.41, 5.74) is 0. The number of hydrogen-bond donors (Lipinski definition) is 1. The third kappa shape index (κ3) is 1.16. The Hall–Kier alpha value is 0.170. The fraction of sp³-hybridized carbons (Fsp3) is 1.00. The monoisotopic (exact) mass is 178 g/mol. The van der Waals surface area contributed by atoms with Crippen molar-refractivity contribution in [3.63, 3.8) is 0 Å². The highest BCUT2D eigenvalue weighted by Crippen LogP contribution is 2.31. The molecule has 0 aromatic carbocycles. The van der Waals surface area contributed by atoms with E-state index in [1.165, 1.54) is 0 Å². The number of aliphatic hydroxyl groups excluding tert-OH is 1. The van der Waals surface area contributed by atoms with Gasteiger partial charge >= 0.3 is 0 Å². The van der Waals surface area contributed by atoms with Crippen LogP contribution in [0.25, 0.3) is 0 Å². The van der Waals surface area contributed by atoms with Crippen LogP contribution in [-0.2, 0) is 9.47 Å². The van der Waals surface area contributed by atoms with E-state index in [1.807, 2.05) is 0 Å². The van der Waals surface area contributed by atoms with Crippen molar-refractivity contribution in [2.24, 2.45) is 5.92 Å². The quantitative estimate of drug-likeness (QED) is 0.575. The normalized spacial score (nSPS) is 49.6. The summed E-state index contributed by atoms with van der Waals surface area (Å²) in [6, 6.07) is 0. The summed E-state index contributed by atoms with van der Waals surface area (Å²) >= 11 is 5.68. The van der Waals surface area contributed by atoms with Gasteiger partial charge < -0.3 is 14.6 Å². The van der Waals surface area contributed by atoms with Gasteiger partial charge in [0.15, 0.2) is 0 Å². The van der Waals surface area contributed by atoms with Crippen LogP contribution in [0.5, 0.6) is 0 Å². The van der Waals surface area contributed by atoms with E-state index in [1.54, 1.807) is 0 Å². The molecule has 0 aromatic heterocycles. The number of rotatable bonds is 1. The van der Waals surface area contributed by atoms with Gasteiger partial charge in [-0.2, -0.15) is 0 Å². The summed E-state index contributed by atoms with van der Waals surface area (Å²) < 4.78 is 10.7. The van der Waals surface area contributed by atoms with Crippen molar-refractivity contribution in [2.45, 2.75) is 18.3 Å². The molecule has 0 aliphatic carbocycles. The van der Waals surface area contributed by atoms with Gasteiger partial charge in [0.2, 0.25) is 0 Å². The highest BCUT2D eigenvalue weighted by molar-refractivity contribution is 6.18. The minimum absolute atomic E-state index is 0.0301. The van der Waals surface area contributed by atoms with Crippen LogP contribution in [0.1, 0.15) is 0 Å². The zero-order chi connectivity index (χ0) is 7.84. The molecule has 64 valence electrons. The lowest BCUT2D eigenvalue weighted by atomic mass is 10.0. The summed E-state index contributed by atoms with van der Waals surface area (Å²) in [6.45, 7) is 1.01. The lowest BCUT2D eigenvalue weighted by molar-refractivity contribution is 0.0174. The molecule has 2 fully saturated rings. The Kier molecular flexibility index (Phi) is 2.06. The van der Waals surface area contributed by atoms with Gasteiger partial charge in [-0.1, -0.05) is 0 Å². The van der Waals surface area contributed by atoms with E-state index in [-0.39, 0.29) is 18.1 Å². The van der Waals surface area contributed by atoms with Crippen LogP contribution in [0.4, 0.5) is 0 Å². The third-order valence-corrected chi connectivity index (χ3v) is 2.72. The van der Waals surface area contributed by atoms with Gasteiger partial charge in [0.1, 0.15) is 12.2 Å². The predicted octanol–water partition coefficient (Wildman–Crippen LogP) is -0.000100. The number of hydrogen-bond acceptors (Lipinski definition) is 3. The van der Waals surface area contributed by atoms with Crippen LogP contribution in [0, 0.1) is 5.92 Å². The lowest BCUT2D eigenvalue weighted by Crippen LogP contribution is -2.29. The van der Waals surface area contributed by atoms with Crippen molar-refractivity contribution >= 4 is 11.6 Å². The van der Waals surface area contributed by atoms with Crippen LogP contribution in [-0.4, -0.2) is 42.5 Å². The van der Waals surface area contributed by atoms with Gasteiger partial charge in [0, 0.05) is 11.8 Å². The average molecular weight is 179 g/mol. The fourth-order valence-electron chi connectivity index (χ4n) is 1.69. The molecule has 4 unspecified atom stereocenters. The van der Waals surface area contributed by atoms with Crippen LogP contribution >= 0.6 is 11.6 Å². The minimum Gasteiger partial charge on any atom is -0.388 e. The SMILES string of the molecule is OC1COC2C(CCl)COC12. The van der Waals surface area contributed by atoms with Gasteiger partial charge in [-0.25, -0.2) is 0 Å². The van der Waals surface area contributed by atoms with Gasteiger partial charge in [-0.3, -0.25) is 0 Å². The molecule has 0 bridgehead atoms. The van der Waals surface area contributed by atoms with Crippen LogP contribution in [0.2, 0.25) is 0 Å². The predicted molar refractivity (Wildman–Crippen MR) is 39.7 cm³/mol. The summed E-state index contributed by atoms with van der Waals surface area (Å²) in [4.78, 5) is 0. The second-order valence-electron chi connectivity index (χ2n) is 3.08. The maximum atomic E-state index is 9.32. The first-order valence-electron chi connectivity index (χ1n) is 3.80. The Morgan fingerprint density at radius 2 is 2.00 bits per heavy atom. The molecule has 3 nitrogen and oxygen atoms in total. The number of ether oxygens (including phenoxy) is 2. The summed E-state index contributed by atoms with van der Waals surface area (Å²) in [5, 5.41) is 9.32. The molecule has 2 heterocycles. The Bertz CT molecular complexity index is 153. The molecule has 2 aliphatic heterocycles. The first kappa shape index (κ1) is 7.80. The Labute approximate surface area is 70.2 Å². The molecule has 0 spiro atoms. The lowest BCUT2D eigenvalue weighted by Gasteiger charge is -2.11. The zero-order valence-corrected chi connectivity index (χ0v) is 6.83. The van der Waals surface area contributed by atoms with E-state index in [4.69, 9.17) is 21.1 Å². The van der Waals surface area contributed by atoms with Gasteiger partial charge in [0.25, 0.3) is 0 Å². The Morgan fingerprint density at radius 3 is 2.73 bits per heavy atom. The third-order valence-electron chi connectivity index (χ3n) is 2.33. The van der Waals surface area contributed by atoms with Gasteiger partial charge in [0.05, 0.1) is 19.3 Å². The maximum absolute atomic E-state index is 9.32. The van der Waals surface area contributed by atoms with Crippen molar-refractivity contribution < 1.29 is 14.6 Å². The average Bonchev–Trinajstić information content (AvgIpc) is 2.53. The minimum atomic E-state index is -0.451. The molecule has 2 rings (SSSR count). The van der Waals surface area contributed by atoms with Crippen molar-refractivity contribution in [3.8, 4) is 0 Å². The molecule has 1 N–H and O–H groups in total. The fourth-order valence-corrected chi connectivity index (χ4v) is 1.96. The van der Waals surface area contributed by atoms with E-state index in [2.05, 4.69) is 0 Å². The molecule has 4 atom stereocenters. The molecule has 0 amide bonds. The van der Waals surface area contributed by atoms with E-state index >= 15 is 0 Å². The molecule has 11 heavy (non-hydrogen) atoms. The highest BCUT2D eigenvalue weighted by Gasteiger charge is 2.46. The van der Waals surface area contributed by atoms with E-state index in [9.17, 15) is 5.11 Å². The second-order valence-corrected chi connectivity index (χ2v) is 3.39. The molecule has 0 radical (unpaired) electrons. The number of alkyl halides is 1. The topological polar surface area (TPSA) is 38.7 Å². The zero-order valence-electron chi connectivity index (χ0n) is 6.07. The smallest absolute Gasteiger partial charge is 0.112 e. The number of aliphatic hydroxyl groups is 1. The standard InChI is InChI=1S/C7H11ClO3/c8-1-4-2-10-7-5(9)3-11-6(4)7/h4-7,9H,1-3H2. The van der Waals surface area contributed by atoms with E-state index < -0.39 is 6.10 Å². The molecule has 4 heteroatoms. The van der Waals surface area contributed by atoms with E-state index in [0.29, 0.717) is 19.1 Å². The number of fused-ring (bicyclic) bond motifs is 1. The first-order chi connectivity index (χ1) is 5.33. The highest BCUT2D eigenvalue weighted by atomic mass is 35.5. The second kappa shape index (κ2) is 2.90. The Balaban J connectivity index is 2.04. The molecular formula is C7H11ClO3. The van der Waals surface area contributed by atoms with Crippen molar-refractivity contribution in [2.75, 3.05) is 19.1 Å². The summed E-state index contributed by atoms with van der Waals surface area (Å²) in [5.74, 6) is 0.812. The summed E-state index contributed by atoms with van der Waals surface area (Å²) in [6.07, 6.45) is -0.547. The molecule has 0 saturated carbocycles. The number of halogens is 1. The van der Waals surface area contributed by atoms with Crippen LogP contribution < -0.4 is 0 Å². The van der Waals surface area contributed by atoms with Crippen molar-refractivity contribution in [3.05, 3.63) is 0 Å². The maximum Gasteiger partial charge on any atom is 0.112 e. The summed E-state index contributed by atoms with van der Waals surface area (Å²) in [7, 11) is 0. The molecular weight excluding hydrogens is 168 g/mol. The van der Waals surface area contributed by atoms with Gasteiger partial charge in [-0.15, -0.1) is 11.6 Å². The van der Waals surface area contributed by atoms with E-state index in [0.717, 1.165) is 0 Å².